The molecule has 1 aromatic heterocycles. The Morgan fingerprint density at radius 2 is 2.17 bits per heavy atom. The third-order valence-electron chi connectivity index (χ3n) is 5.09. The summed E-state index contributed by atoms with van der Waals surface area (Å²) in [5.74, 6) is -0.0947. The molecule has 1 aliphatic rings. The largest absolute Gasteiger partial charge is 0.493 e. The summed E-state index contributed by atoms with van der Waals surface area (Å²) in [5, 5.41) is 3.62. The van der Waals surface area contributed by atoms with Gasteiger partial charge in [0, 0.05) is 18.5 Å². The van der Waals surface area contributed by atoms with Gasteiger partial charge in [-0.1, -0.05) is 12.1 Å². The molecule has 1 atom stereocenters. The molecule has 1 fully saturated rings. The Labute approximate surface area is 173 Å². The van der Waals surface area contributed by atoms with Crippen molar-refractivity contribution in [1.82, 2.24) is 5.32 Å². The van der Waals surface area contributed by atoms with Crippen molar-refractivity contribution in [2.75, 3.05) is 20.3 Å². The van der Waals surface area contributed by atoms with Gasteiger partial charge in [0.1, 0.15) is 11.4 Å². The zero-order valence-corrected chi connectivity index (χ0v) is 16.9. The lowest BCUT2D eigenvalue weighted by Gasteiger charge is -2.12. The fraction of sp³-hybridized carbons (Fsp3) is 0.304. The Hall–Kier alpha value is -3.19. The average Bonchev–Trinajstić information content (AvgIpc) is 3.27. The van der Waals surface area contributed by atoms with Crippen molar-refractivity contribution in [1.29, 1.82) is 0 Å². The van der Waals surface area contributed by atoms with Gasteiger partial charge in [0.05, 0.1) is 18.9 Å². The molecule has 0 saturated carbocycles. The molecule has 1 aliphatic heterocycles. The predicted octanol–water partition coefficient (Wildman–Crippen LogP) is 4.03. The van der Waals surface area contributed by atoms with E-state index in [0.29, 0.717) is 34.5 Å². The first-order valence-corrected chi connectivity index (χ1v) is 9.86. The van der Waals surface area contributed by atoms with Gasteiger partial charge in [0.15, 0.2) is 11.3 Å². The van der Waals surface area contributed by atoms with Gasteiger partial charge in [-0.15, -0.1) is 0 Å². The van der Waals surface area contributed by atoms with Crippen LogP contribution in [0.3, 0.4) is 0 Å². The summed E-state index contributed by atoms with van der Waals surface area (Å²) in [6, 6.07) is 11.6. The summed E-state index contributed by atoms with van der Waals surface area (Å²) in [6.07, 6.45) is 1.94. The van der Waals surface area contributed by atoms with Crippen LogP contribution in [0.15, 0.2) is 51.9 Å². The van der Waals surface area contributed by atoms with Crippen LogP contribution in [0.1, 0.15) is 28.8 Å². The summed E-state index contributed by atoms with van der Waals surface area (Å²) in [6.45, 7) is 2.80. The molecule has 1 N–H and O–H groups in total. The van der Waals surface area contributed by atoms with E-state index in [1.54, 1.807) is 38.3 Å². The van der Waals surface area contributed by atoms with Gasteiger partial charge in [0.2, 0.25) is 5.55 Å². The lowest BCUT2D eigenvalue weighted by molar-refractivity contribution is 0.0854. The number of amides is 1. The minimum Gasteiger partial charge on any atom is -0.493 e. The van der Waals surface area contributed by atoms with E-state index in [1.807, 2.05) is 12.1 Å². The fourth-order valence-electron chi connectivity index (χ4n) is 3.45. The van der Waals surface area contributed by atoms with Gasteiger partial charge in [-0.3, -0.25) is 4.79 Å². The number of aryl methyl sites for hydroxylation is 1. The molecule has 1 saturated heterocycles. The van der Waals surface area contributed by atoms with E-state index in [1.165, 1.54) is 6.07 Å². The Kier molecular flexibility index (Phi) is 5.81. The highest BCUT2D eigenvalue weighted by Gasteiger charge is 2.19. The number of methoxy groups -OCH3 is 1. The van der Waals surface area contributed by atoms with E-state index in [0.717, 1.165) is 19.4 Å². The van der Waals surface area contributed by atoms with Crippen molar-refractivity contribution >= 4 is 22.6 Å². The monoisotopic (exact) mass is 410 g/mol. The van der Waals surface area contributed by atoms with Gasteiger partial charge in [-0.25, -0.2) is 9.38 Å². The molecule has 6 nitrogen and oxygen atoms in total. The summed E-state index contributed by atoms with van der Waals surface area (Å²) in [4.78, 5) is 17.4. The number of benzene rings is 2. The van der Waals surface area contributed by atoms with Crippen LogP contribution in [-0.2, 0) is 4.74 Å². The molecule has 30 heavy (non-hydrogen) atoms. The van der Waals surface area contributed by atoms with Crippen molar-refractivity contribution in [3.8, 4) is 5.75 Å². The molecule has 1 amide bonds. The van der Waals surface area contributed by atoms with Crippen molar-refractivity contribution in [3.63, 3.8) is 0 Å². The normalized spacial score (nSPS) is 16.8. The second kappa shape index (κ2) is 8.67. The SMILES string of the molecule is COc1cccc2cc(C(=O)NC[C@@H]3CCCO3)c(=Nc3ccc(F)c(C)c3)oc12. The van der Waals surface area contributed by atoms with Crippen LogP contribution in [0.2, 0.25) is 0 Å². The van der Waals surface area contributed by atoms with Gasteiger partial charge in [-0.2, -0.15) is 0 Å². The summed E-state index contributed by atoms with van der Waals surface area (Å²) in [7, 11) is 1.55. The number of hydrogen-bond acceptors (Lipinski definition) is 5. The average molecular weight is 410 g/mol. The van der Waals surface area contributed by atoms with Crippen LogP contribution in [0.5, 0.6) is 5.75 Å². The highest BCUT2D eigenvalue weighted by molar-refractivity contribution is 5.97. The molecule has 4 rings (SSSR count). The van der Waals surface area contributed by atoms with Crippen LogP contribution in [0.4, 0.5) is 10.1 Å². The van der Waals surface area contributed by atoms with Crippen molar-refractivity contribution < 1.29 is 23.1 Å². The number of nitrogens with zero attached hydrogens (tertiary/aromatic N) is 1. The smallest absolute Gasteiger partial charge is 0.256 e. The number of carbonyl (C=O) groups is 1. The van der Waals surface area contributed by atoms with Crippen LogP contribution >= 0.6 is 0 Å². The van der Waals surface area contributed by atoms with Crippen LogP contribution in [-0.4, -0.2) is 32.3 Å². The molecule has 0 radical (unpaired) electrons. The van der Waals surface area contributed by atoms with E-state index in [-0.39, 0.29) is 28.9 Å². The van der Waals surface area contributed by atoms with E-state index in [4.69, 9.17) is 13.9 Å². The molecular formula is C23H23FN2O4. The number of nitrogens with one attached hydrogen (secondary N) is 1. The first-order valence-electron chi connectivity index (χ1n) is 9.86. The molecule has 2 aromatic carbocycles. The highest BCUT2D eigenvalue weighted by atomic mass is 19.1. The van der Waals surface area contributed by atoms with Gasteiger partial charge in [0.25, 0.3) is 5.91 Å². The Bertz CT molecular complexity index is 1150. The zero-order chi connectivity index (χ0) is 21.1. The van der Waals surface area contributed by atoms with Crippen molar-refractivity contribution in [3.05, 3.63) is 65.0 Å². The minimum atomic E-state index is -0.319. The Morgan fingerprint density at radius 3 is 2.90 bits per heavy atom. The number of ether oxygens (including phenoxy) is 2. The van der Waals surface area contributed by atoms with Crippen molar-refractivity contribution in [2.45, 2.75) is 25.9 Å². The van der Waals surface area contributed by atoms with Crippen molar-refractivity contribution in [2.24, 2.45) is 4.99 Å². The minimum absolute atomic E-state index is 0.0200. The first-order chi connectivity index (χ1) is 14.5. The van der Waals surface area contributed by atoms with Crippen LogP contribution in [0.25, 0.3) is 11.0 Å². The Morgan fingerprint density at radius 1 is 1.30 bits per heavy atom. The van der Waals surface area contributed by atoms with Gasteiger partial charge >= 0.3 is 0 Å². The molecule has 0 spiro atoms. The molecule has 3 aromatic rings. The van der Waals surface area contributed by atoms with E-state index < -0.39 is 0 Å². The first kappa shape index (κ1) is 20.1. The van der Waals surface area contributed by atoms with Crippen LogP contribution < -0.4 is 15.6 Å². The Balaban J connectivity index is 1.79. The number of para-hydroxylation sites is 1. The number of halogens is 1. The molecule has 7 heteroatoms. The zero-order valence-electron chi connectivity index (χ0n) is 16.9. The maximum absolute atomic E-state index is 13.6. The summed E-state index contributed by atoms with van der Waals surface area (Å²) >= 11 is 0. The van der Waals surface area contributed by atoms with Gasteiger partial charge in [-0.05, 0) is 55.7 Å². The van der Waals surface area contributed by atoms with E-state index in [9.17, 15) is 9.18 Å². The van der Waals surface area contributed by atoms with Crippen LogP contribution in [0, 0.1) is 12.7 Å². The maximum atomic E-state index is 13.6. The molecule has 2 heterocycles. The third-order valence-corrected chi connectivity index (χ3v) is 5.09. The number of fused-ring (bicyclic) bond motifs is 1. The molecular weight excluding hydrogens is 387 g/mol. The topological polar surface area (TPSA) is 73.1 Å². The highest BCUT2D eigenvalue weighted by Crippen LogP contribution is 2.25. The number of hydrogen-bond donors (Lipinski definition) is 1. The van der Waals surface area contributed by atoms with E-state index in [2.05, 4.69) is 10.3 Å². The third kappa shape index (κ3) is 4.21. The fourth-order valence-corrected chi connectivity index (χ4v) is 3.45. The standard InChI is InChI=1S/C23H23FN2O4/c1-14-11-16(8-9-19(14)24)26-23-18(22(27)25-13-17-6-4-10-29-17)12-15-5-3-7-20(28-2)21(15)30-23/h3,5,7-9,11-12,17H,4,6,10,13H2,1-2H3,(H,25,27)/t17-/m0/s1. The molecule has 0 bridgehead atoms. The summed E-state index contributed by atoms with van der Waals surface area (Å²) in [5.41, 5.74) is 1.84. The molecule has 156 valence electrons. The molecule has 0 aliphatic carbocycles. The number of rotatable bonds is 5. The molecule has 0 unspecified atom stereocenters. The summed E-state index contributed by atoms with van der Waals surface area (Å²) < 4.78 is 30.6. The predicted molar refractivity (Wildman–Crippen MR) is 110 cm³/mol. The second-order valence-corrected chi connectivity index (χ2v) is 7.23. The number of carbonyl (C=O) groups excluding carboxylic acids is 1. The van der Waals surface area contributed by atoms with Gasteiger partial charge < -0.3 is 19.2 Å². The maximum Gasteiger partial charge on any atom is 0.256 e. The quantitative estimate of drug-likeness (QED) is 0.689. The second-order valence-electron chi connectivity index (χ2n) is 7.23. The lowest BCUT2D eigenvalue weighted by atomic mass is 10.1. The lowest BCUT2D eigenvalue weighted by Crippen LogP contribution is -2.34. The van der Waals surface area contributed by atoms with E-state index >= 15 is 0 Å².